The average Bonchev–Trinajstić information content (AvgIpc) is 2.75. The number of nitrogens with two attached hydrogens (primary N) is 1. The molecule has 2 heterocycles. The predicted molar refractivity (Wildman–Crippen MR) is 83.8 cm³/mol. The Morgan fingerprint density at radius 3 is 2.52 bits per heavy atom. The summed E-state index contributed by atoms with van der Waals surface area (Å²) < 4.78 is 5.75. The Hall–Kier alpha value is -2.17. The van der Waals surface area contributed by atoms with Gasteiger partial charge < -0.3 is 4.42 Å². The fourth-order valence-electron chi connectivity index (χ4n) is 2.93. The summed E-state index contributed by atoms with van der Waals surface area (Å²) >= 11 is 0. The Morgan fingerprint density at radius 2 is 1.86 bits per heavy atom. The minimum Gasteiger partial charge on any atom is -0.466 e. The van der Waals surface area contributed by atoms with Gasteiger partial charge in [0.15, 0.2) is 0 Å². The molecule has 0 bridgehead atoms. The maximum atomic E-state index is 5.86. The van der Waals surface area contributed by atoms with Crippen LogP contribution in [0.2, 0.25) is 0 Å². The number of rotatable bonds is 3. The number of benzene rings is 1. The van der Waals surface area contributed by atoms with Crippen molar-refractivity contribution in [3.63, 3.8) is 0 Å². The maximum absolute atomic E-state index is 5.86. The highest BCUT2D eigenvalue weighted by Gasteiger charge is 2.23. The molecule has 0 fully saturated rings. The third kappa shape index (κ3) is 2.22. The number of fused-ring (bicyclic) bond motifs is 1. The average molecular weight is 281 g/mol. The Balaban J connectivity index is 2.23. The van der Waals surface area contributed by atoms with Crippen LogP contribution in [0.25, 0.3) is 10.8 Å². The third-order valence-corrected chi connectivity index (χ3v) is 4.08. The van der Waals surface area contributed by atoms with Crippen molar-refractivity contribution < 1.29 is 4.42 Å². The molecule has 0 saturated heterocycles. The molecule has 0 amide bonds. The minimum absolute atomic E-state index is 0.138. The smallest absolute Gasteiger partial charge is 0.106 e. The summed E-state index contributed by atoms with van der Waals surface area (Å²) in [7, 11) is 0. The summed E-state index contributed by atoms with van der Waals surface area (Å²) in [6.45, 7) is 6.00. The van der Waals surface area contributed by atoms with Gasteiger partial charge in [-0.3, -0.25) is 10.8 Å². The SMILES string of the molecule is Cc1oc(C)c(C(NN)c2cncc3ccccc23)c1C. The van der Waals surface area contributed by atoms with Crippen LogP contribution in [-0.2, 0) is 0 Å². The van der Waals surface area contributed by atoms with Gasteiger partial charge in [0, 0.05) is 28.9 Å². The normalized spacial score (nSPS) is 12.8. The molecule has 4 nitrogen and oxygen atoms in total. The monoisotopic (exact) mass is 281 g/mol. The third-order valence-electron chi connectivity index (χ3n) is 4.08. The highest BCUT2D eigenvalue weighted by atomic mass is 16.3. The summed E-state index contributed by atoms with van der Waals surface area (Å²) in [5.74, 6) is 7.67. The molecule has 1 unspecified atom stereocenters. The number of pyridine rings is 1. The van der Waals surface area contributed by atoms with Crippen molar-refractivity contribution >= 4 is 10.8 Å². The van der Waals surface area contributed by atoms with E-state index in [4.69, 9.17) is 10.3 Å². The van der Waals surface area contributed by atoms with Gasteiger partial charge in [0.05, 0.1) is 6.04 Å². The molecule has 0 aliphatic heterocycles. The van der Waals surface area contributed by atoms with Crippen molar-refractivity contribution in [3.05, 3.63) is 64.9 Å². The van der Waals surface area contributed by atoms with Crippen molar-refractivity contribution in [1.29, 1.82) is 0 Å². The molecule has 3 rings (SSSR count). The number of aryl methyl sites for hydroxylation is 2. The van der Waals surface area contributed by atoms with Gasteiger partial charge in [-0.2, -0.15) is 0 Å². The topological polar surface area (TPSA) is 64.1 Å². The lowest BCUT2D eigenvalue weighted by Gasteiger charge is -2.18. The quantitative estimate of drug-likeness (QED) is 0.571. The van der Waals surface area contributed by atoms with Crippen molar-refractivity contribution in [2.24, 2.45) is 5.84 Å². The molecule has 1 aromatic carbocycles. The number of hydrogen-bond acceptors (Lipinski definition) is 4. The summed E-state index contributed by atoms with van der Waals surface area (Å²) in [5.41, 5.74) is 6.20. The van der Waals surface area contributed by atoms with Crippen molar-refractivity contribution in [2.45, 2.75) is 26.8 Å². The van der Waals surface area contributed by atoms with Gasteiger partial charge in [-0.15, -0.1) is 0 Å². The van der Waals surface area contributed by atoms with Gasteiger partial charge in [0.25, 0.3) is 0 Å². The van der Waals surface area contributed by atoms with Crippen molar-refractivity contribution in [3.8, 4) is 0 Å². The molecule has 0 aliphatic rings. The Labute approximate surface area is 124 Å². The molecule has 4 heteroatoms. The summed E-state index contributed by atoms with van der Waals surface area (Å²) in [4.78, 5) is 4.35. The van der Waals surface area contributed by atoms with Gasteiger partial charge in [0.2, 0.25) is 0 Å². The van der Waals surface area contributed by atoms with Crippen LogP contribution in [0, 0.1) is 20.8 Å². The van der Waals surface area contributed by atoms with E-state index in [0.29, 0.717) is 0 Å². The van der Waals surface area contributed by atoms with E-state index < -0.39 is 0 Å². The molecule has 3 aromatic rings. The molecule has 1 atom stereocenters. The van der Waals surface area contributed by atoms with Crippen LogP contribution >= 0.6 is 0 Å². The Morgan fingerprint density at radius 1 is 1.10 bits per heavy atom. The summed E-state index contributed by atoms with van der Waals surface area (Å²) in [6.07, 6.45) is 3.74. The Kier molecular flexibility index (Phi) is 3.49. The number of hydrogen-bond donors (Lipinski definition) is 2. The van der Waals surface area contributed by atoms with Gasteiger partial charge in [-0.1, -0.05) is 24.3 Å². The van der Waals surface area contributed by atoms with E-state index in [1.165, 1.54) is 0 Å². The number of nitrogens with zero attached hydrogens (tertiary/aromatic N) is 1. The fraction of sp³-hybridized carbons (Fsp3) is 0.235. The van der Waals surface area contributed by atoms with Crippen LogP contribution in [0.1, 0.15) is 34.3 Å². The van der Waals surface area contributed by atoms with Gasteiger partial charge in [-0.25, -0.2) is 5.43 Å². The number of furan rings is 1. The molecule has 0 aliphatic carbocycles. The highest BCUT2D eigenvalue weighted by molar-refractivity contribution is 5.85. The zero-order valence-electron chi connectivity index (χ0n) is 12.5. The molecule has 3 N–H and O–H groups in total. The number of nitrogens with one attached hydrogen (secondary N) is 1. The maximum Gasteiger partial charge on any atom is 0.106 e. The lowest BCUT2D eigenvalue weighted by molar-refractivity contribution is 0.494. The zero-order chi connectivity index (χ0) is 15.0. The lowest BCUT2D eigenvalue weighted by Crippen LogP contribution is -2.29. The van der Waals surface area contributed by atoms with Gasteiger partial charge in [-0.05, 0) is 31.7 Å². The minimum atomic E-state index is -0.138. The molecular formula is C17H19N3O. The lowest BCUT2D eigenvalue weighted by atomic mass is 9.93. The van der Waals surface area contributed by atoms with E-state index in [1.807, 2.05) is 38.4 Å². The van der Waals surface area contributed by atoms with E-state index >= 15 is 0 Å². The van der Waals surface area contributed by atoms with E-state index in [0.717, 1.165) is 39.0 Å². The predicted octanol–water partition coefficient (Wildman–Crippen LogP) is 3.31. The summed E-state index contributed by atoms with van der Waals surface area (Å²) in [5, 5.41) is 2.25. The fourth-order valence-corrected chi connectivity index (χ4v) is 2.93. The van der Waals surface area contributed by atoms with Crippen molar-refractivity contribution in [1.82, 2.24) is 10.4 Å². The second-order valence-electron chi connectivity index (χ2n) is 5.30. The molecular weight excluding hydrogens is 262 g/mol. The van der Waals surface area contributed by atoms with Gasteiger partial charge in [0.1, 0.15) is 11.5 Å². The highest BCUT2D eigenvalue weighted by Crippen LogP contribution is 2.33. The van der Waals surface area contributed by atoms with Crippen LogP contribution < -0.4 is 11.3 Å². The Bertz CT molecular complexity index is 787. The molecule has 21 heavy (non-hydrogen) atoms. The molecule has 2 aromatic heterocycles. The van der Waals surface area contributed by atoms with Crippen LogP contribution in [-0.4, -0.2) is 4.98 Å². The molecule has 0 saturated carbocycles. The standard InChI is InChI=1S/C17H19N3O/c1-10-11(2)21-12(3)16(10)17(20-18)15-9-19-8-13-6-4-5-7-14(13)15/h4-9,17,20H,18H2,1-3H3. The molecule has 108 valence electrons. The van der Waals surface area contributed by atoms with Crippen molar-refractivity contribution in [2.75, 3.05) is 0 Å². The zero-order valence-corrected chi connectivity index (χ0v) is 12.5. The number of aromatic nitrogens is 1. The van der Waals surface area contributed by atoms with E-state index in [9.17, 15) is 0 Å². The first-order valence-electron chi connectivity index (χ1n) is 6.98. The van der Waals surface area contributed by atoms with Crippen LogP contribution in [0.5, 0.6) is 0 Å². The van der Waals surface area contributed by atoms with Crippen LogP contribution in [0.4, 0.5) is 0 Å². The van der Waals surface area contributed by atoms with Gasteiger partial charge >= 0.3 is 0 Å². The van der Waals surface area contributed by atoms with Crippen LogP contribution in [0.15, 0.2) is 41.1 Å². The second kappa shape index (κ2) is 5.31. The largest absolute Gasteiger partial charge is 0.466 e. The first-order chi connectivity index (χ1) is 10.1. The number of hydrazine groups is 1. The molecule has 0 radical (unpaired) electrons. The first-order valence-corrected chi connectivity index (χ1v) is 6.98. The van der Waals surface area contributed by atoms with E-state index in [-0.39, 0.29) is 6.04 Å². The van der Waals surface area contributed by atoms with E-state index in [2.05, 4.69) is 29.5 Å². The van der Waals surface area contributed by atoms with Crippen LogP contribution in [0.3, 0.4) is 0 Å². The first kappa shape index (κ1) is 13.8. The van der Waals surface area contributed by atoms with E-state index in [1.54, 1.807) is 0 Å². The molecule has 0 spiro atoms. The second-order valence-corrected chi connectivity index (χ2v) is 5.30. The summed E-state index contributed by atoms with van der Waals surface area (Å²) in [6, 6.07) is 8.05.